The molecule has 2 aromatic heterocycles. The molecule has 0 fully saturated rings. The van der Waals surface area contributed by atoms with Gasteiger partial charge in [0.25, 0.3) is 0 Å². The number of nitrogens with zero attached hydrogens (tertiary/aromatic N) is 2. The predicted octanol–water partition coefficient (Wildman–Crippen LogP) is 2.77. The highest BCUT2D eigenvalue weighted by molar-refractivity contribution is 7.19. The van der Waals surface area contributed by atoms with Crippen LogP contribution in [0.3, 0.4) is 0 Å². The van der Waals surface area contributed by atoms with Crippen LogP contribution in [0.25, 0.3) is 16.2 Å². The van der Waals surface area contributed by atoms with E-state index in [1.54, 1.807) is 36.0 Å². The van der Waals surface area contributed by atoms with Crippen molar-refractivity contribution >= 4 is 22.3 Å². The van der Waals surface area contributed by atoms with E-state index in [0.29, 0.717) is 10.7 Å². The lowest BCUT2D eigenvalue weighted by Gasteiger charge is -2.04. The van der Waals surface area contributed by atoms with Crippen LogP contribution in [-0.4, -0.2) is 27.6 Å². The third kappa shape index (κ3) is 1.86. The fourth-order valence-corrected chi connectivity index (χ4v) is 2.90. The molecule has 6 heteroatoms. The molecule has 3 aromatic rings. The molecule has 0 atom stereocenters. The zero-order valence-corrected chi connectivity index (χ0v) is 10.8. The van der Waals surface area contributed by atoms with Gasteiger partial charge in [-0.25, -0.2) is 9.78 Å². The summed E-state index contributed by atoms with van der Waals surface area (Å²) in [4.78, 5) is 16.4. The molecule has 0 aliphatic carbocycles. The maximum absolute atomic E-state index is 11.3. The van der Waals surface area contributed by atoms with E-state index in [4.69, 9.17) is 4.74 Å². The summed E-state index contributed by atoms with van der Waals surface area (Å²) < 4.78 is 6.89. The number of carboxylic acid groups (broad SMARTS) is 1. The van der Waals surface area contributed by atoms with Crippen LogP contribution in [0.2, 0.25) is 0 Å². The summed E-state index contributed by atoms with van der Waals surface area (Å²) in [6.07, 6.45) is 3.42. The summed E-state index contributed by atoms with van der Waals surface area (Å²) in [5, 5.41) is 9.29. The lowest BCUT2D eigenvalue weighted by atomic mass is 10.1. The van der Waals surface area contributed by atoms with Gasteiger partial charge in [-0.3, -0.25) is 4.40 Å². The lowest BCUT2D eigenvalue weighted by molar-refractivity contribution is 0.0702. The van der Waals surface area contributed by atoms with Gasteiger partial charge in [-0.05, 0) is 24.3 Å². The fourth-order valence-electron chi connectivity index (χ4n) is 1.95. The summed E-state index contributed by atoms with van der Waals surface area (Å²) in [6.45, 7) is 0. The van der Waals surface area contributed by atoms with Crippen molar-refractivity contribution in [2.45, 2.75) is 0 Å². The van der Waals surface area contributed by atoms with Crippen LogP contribution in [0.5, 0.6) is 5.75 Å². The average molecular weight is 274 g/mol. The normalized spacial score (nSPS) is 10.8. The SMILES string of the molecule is COc1ccc(-c2c(C(=O)O)sc3nccn23)cc1. The molecule has 0 bridgehead atoms. The van der Waals surface area contributed by atoms with Crippen LogP contribution in [0.1, 0.15) is 9.67 Å². The van der Waals surface area contributed by atoms with Crippen LogP contribution in [0, 0.1) is 0 Å². The molecule has 19 heavy (non-hydrogen) atoms. The Balaban J connectivity index is 2.23. The zero-order valence-electron chi connectivity index (χ0n) is 10.0. The first kappa shape index (κ1) is 11.7. The van der Waals surface area contributed by atoms with E-state index >= 15 is 0 Å². The topological polar surface area (TPSA) is 63.8 Å². The van der Waals surface area contributed by atoms with Gasteiger partial charge in [0.15, 0.2) is 4.96 Å². The minimum Gasteiger partial charge on any atom is -0.497 e. The predicted molar refractivity (Wildman–Crippen MR) is 72.0 cm³/mol. The van der Waals surface area contributed by atoms with Crippen LogP contribution in [-0.2, 0) is 0 Å². The molecule has 96 valence electrons. The number of hydrogen-bond donors (Lipinski definition) is 1. The van der Waals surface area contributed by atoms with Gasteiger partial charge in [0.05, 0.1) is 12.8 Å². The molecule has 0 aliphatic rings. The Morgan fingerprint density at radius 1 is 1.37 bits per heavy atom. The number of carbonyl (C=O) groups is 1. The van der Waals surface area contributed by atoms with Crippen molar-refractivity contribution in [2.24, 2.45) is 0 Å². The molecule has 0 saturated carbocycles. The third-order valence-corrected chi connectivity index (χ3v) is 3.87. The summed E-state index contributed by atoms with van der Waals surface area (Å²) in [5.41, 5.74) is 1.47. The van der Waals surface area contributed by atoms with Crippen LogP contribution >= 0.6 is 11.3 Å². The smallest absolute Gasteiger partial charge is 0.348 e. The highest BCUT2D eigenvalue weighted by Crippen LogP contribution is 2.32. The van der Waals surface area contributed by atoms with Gasteiger partial charge in [0, 0.05) is 18.0 Å². The molecular formula is C13H10N2O3S. The number of methoxy groups -OCH3 is 1. The first-order valence-corrected chi connectivity index (χ1v) is 6.36. The van der Waals surface area contributed by atoms with Crippen molar-refractivity contribution in [1.29, 1.82) is 0 Å². The number of fused-ring (bicyclic) bond motifs is 1. The second-order valence-corrected chi connectivity index (χ2v) is 4.87. The molecule has 1 aromatic carbocycles. The van der Waals surface area contributed by atoms with Crippen molar-refractivity contribution in [1.82, 2.24) is 9.38 Å². The fraction of sp³-hybridized carbons (Fsp3) is 0.0769. The van der Waals surface area contributed by atoms with E-state index in [1.165, 1.54) is 0 Å². The van der Waals surface area contributed by atoms with Gasteiger partial charge in [-0.2, -0.15) is 0 Å². The van der Waals surface area contributed by atoms with Gasteiger partial charge in [-0.15, -0.1) is 0 Å². The Labute approximate surface area is 112 Å². The molecule has 0 saturated heterocycles. The maximum Gasteiger partial charge on any atom is 0.348 e. The van der Waals surface area contributed by atoms with Crippen LogP contribution in [0.15, 0.2) is 36.7 Å². The largest absolute Gasteiger partial charge is 0.497 e. The lowest BCUT2D eigenvalue weighted by Crippen LogP contribution is -1.97. The number of rotatable bonds is 3. The monoisotopic (exact) mass is 274 g/mol. The van der Waals surface area contributed by atoms with Gasteiger partial charge in [-0.1, -0.05) is 11.3 Å². The summed E-state index contributed by atoms with van der Waals surface area (Å²) in [6, 6.07) is 7.29. The Bertz CT molecular complexity index is 743. The maximum atomic E-state index is 11.3. The standard InChI is InChI=1S/C13H10N2O3S/c1-18-9-4-2-8(3-5-9)10-11(12(16)17)19-13-14-6-7-15(10)13/h2-7H,1H3,(H,16,17). The second-order valence-electron chi connectivity index (χ2n) is 3.89. The zero-order chi connectivity index (χ0) is 13.4. The van der Waals surface area contributed by atoms with Gasteiger partial charge < -0.3 is 9.84 Å². The van der Waals surface area contributed by atoms with Gasteiger partial charge >= 0.3 is 5.97 Å². The van der Waals surface area contributed by atoms with Crippen LogP contribution in [0.4, 0.5) is 0 Å². The number of benzene rings is 1. The van der Waals surface area contributed by atoms with Crippen molar-refractivity contribution in [3.05, 3.63) is 41.5 Å². The van der Waals surface area contributed by atoms with Crippen molar-refractivity contribution in [3.63, 3.8) is 0 Å². The molecule has 0 amide bonds. The Morgan fingerprint density at radius 2 is 2.11 bits per heavy atom. The van der Waals surface area contributed by atoms with E-state index in [9.17, 15) is 9.90 Å². The quantitative estimate of drug-likeness (QED) is 0.797. The number of aromatic carboxylic acids is 1. The minimum absolute atomic E-state index is 0.285. The van der Waals surface area contributed by atoms with E-state index in [-0.39, 0.29) is 4.88 Å². The van der Waals surface area contributed by atoms with E-state index in [0.717, 1.165) is 22.6 Å². The number of ether oxygens (including phenoxy) is 1. The number of hydrogen-bond acceptors (Lipinski definition) is 4. The molecular weight excluding hydrogens is 264 g/mol. The number of aromatic nitrogens is 2. The molecule has 5 nitrogen and oxygen atoms in total. The average Bonchev–Trinajstić information content (AvgIpc) is 2.98. The first-order chi connectivity index (χ1) is 9.20. The van der Waals surface area contributed by atoms with E-state index in [1.807, 2.05) is 12.1 Å². The molecule has 0 unspecified atom stereocenters. The number of imidazole rings is 1. The number of carboxylic acids is 1. The van der Waals surface area contributed by atoms with E-state index in [2.05, 4.69) is 4.98 Å². The van der Waals surface area contributed by atoms with Crippen molar-refractivity contribution in [2.75, 3.05) is 7.11 Å². The van der Waals surface area contributed by atoms with Crippen LogP contribution < -0.4 is 4.74 Å². The molecule has 3 rings (SSSR count). The number of thiazole rings is 1. The molecule has 0 aliphatic heterocycles. The summed E-state index contributed by atoms with van der Waals surface area (Å²) >= 11 is 1.16. The molecule has 0 spiro atoms. The van der Waals surface area contributed by atoms with Gasteiger partial charge in [0.2, 0.25) is 0 Å². The molecule has 1 N–H and O–H groups in total. The highest BCUT2D eigenvalue weighted by atomic mass is 32.1. The summed E-state index contributed by atoms with van der Waals surface area (Å²) in [5.74, 6) is -0.209. The van der Waals surface area contributed by atoms with Crippen molar-refractivity contribution in [3.8, 4) is 17.0 Å². The first-order valence-electron chi connectivity index (χ1n) is 5.54. The molecule has 0 radical (unpaired) electrons. The Morgan fingerprint density at radius 3 is 2.74 bits per heavy atom. The van der Waals surface area contributed by atoms with Gasteiger partial charge in [0.1, 0.15) is 10.6 Å². The third-order valence-electron chi connectivity index (χ3n) is 2.81. The summed E-state index contributed by atoms with van der Waals surface area (Å²) in [7, 11) is 1.59. The Kier molecular flexibility index (Phi) is 2.72. The minimum atomic E-state index is -0.943. The molecule has 2 heterocycles. The Hall–Kier alpha value is -2.34. The highest BCUT2D eigenvalue weighted by Gasteiger charge is 2.19. The second kappa shape index (κ2) is 4.40. The van der Waals surface area contributed by atoms with Crippen molar-refractivity contribution < 1.29 is 14.6 Å². The van der Waals surface area contributed by atoms with E-state index < -0.39 is 5.97 Å².